The molecule has 2 N–H and O–H groups in total. The molecule has 0 unspecified atom stereocenters. The van der Waals surface area contributed by atoms with E-state index in [1.807, 2.05) is 43.5 Å². The van der Waals surface area contributed by atoms with Crippen LogP contribution in [0.1, 0.15) is 17.7 Å². The first-order chi connectivity index (χ1) is 11.4. The molecule has 2 aromatic rings. The molecule has 5 nitrogen and oxygen atoms in total. The summed E-state index contributed by atoms with van der Waals surface area (Å²) in [6, 6.07) is 9.58. The van der Waals surface area contributed by atoms with Gasteiger partial charge in [-0.15, -0.1) is 0 Å². The molecular formula is C16H20F3N5. The monoisotopic (exact) mass is 339 g/mol. The lowest BCUT2D eigenvalue weighted by Crippen LogP contribution is -2.38. The molecule has 1 heterocycles. The highest BCUT2D eigenvalue weighted by Gasteiger charge is 2.26. The normalized spacial score (nSPS) is 12.3. The summed E-state index contributed by atoms with van der Waals surface area (Å²) in [5.74, 6) is 0.325. The van der Waals surface area contributed by atoms with Crippen LogP contribution in [0.5, 0.6) is 0 Å². The number of para-hydroxylation sites is 1. The number of aromatic nitrogens is 2. The molecule has 0 amide bonds. The molecule has 0 spiro atoms. The number of benzene rings is 1. The fourth-order valence-electron chi connectivity index (χ4n) is 2.16. The third-order valence-electron chi connectivity index (χ3n) is 3.33. The minimum absolute atomic E-state index is 0.219. The average Bonchev–Trinajstić information content (AvgIpc) is 2.96. The Kier molecular flexibility index (Phi) is 5.83. The number of hydrogen-bond acceptors (Lipinski definition) is 2. The zero-order valence-corrected chi connectivity index (χ0v) is 13.6. The van der Waals surface area contributed by atoms with Crippen LogP contribution in [0.15, 0.2) is 41.5 Å². The number of alkyl halides is 3. The van der Waals surface area contributed by atoms with Gasteiger partial charge in [-0.3, -0.25) is 4.99 Å². The summed E-state index contributed by atoms with van der Waals surface area (Å²) in [6.45, 7) is 2.10. The van der Waals surface area contributed by atoms with Gasteiger partial charge in [0.05, 0.1) is 17.8 Å². The summed E-state index contributed by atoms with van der Waals surface area (Å²) < 4.78 is 38.4. The van der Waals surface area contributed by atoms with Gasteiger partial charge in [0.15, 0.2) is 5.96 Å². The second-order valence-electron chi connectivity index (χ2n) is 5.25. The van der Waals surface area contributed by atoms with Gasteiger partial charge in [0.2, 0.25) is 0 Å². The van der Waals surface area contributed by atoms with E-state index in [-0.39, 0.29) is 6.54 Å². The largest absolute Gasteiger partial charge is 0.390 e. The van der Waals surface area contributed by atoms with Gasteiger partial charge in [-0.25, -0.2) is 4.68 Å². The fourth-order valence-corrected chi connectivity index (χ4v) is 2.16. The van der Waals surface area contributed by atoms with E-state index >= 15 is 0 Å². The Bertz CT molecular complexity index is 691. The van der Waals surface area contributed by atoms with E-state index in [1.54, 1.807) is 4.68 Å². The van der Waals surface area contributed by atoms with Crippen molar-refractivity contribution in [3.05, 3.63) is 47.8 Å². The minimum Gasteiger partial charge on any atom is -0.356 e. The Balaban J connectivity index is 1.98. The van der Waals surface area contributed by atoms with Crippen molar-refractivity contribution < 1.29 is 13.2 Å². The summed E-state index contributed by atoms with van der Waals surface area (Å²) in [7, 11) is 1.52. The van der Waals surface area contributed by atoms with Crippen molar-refractivity contribution in [3.63, 3.8) is 0 Å². The summed E-state index contributed by atoms with van der Waals surface area (Å²) in [6.07, 6.45) is -3.22. The van der Waals surface area contributed by atoms with Crippen LogP contribution in [0.25, 0.3) is 5.69 Å². The lowest BCUT2D eigenvalue weighted by Gasteiger charge is -2.15. The predicted molar refractivity (Wildman–Crippen MR) is 87.2 cm³/mol. The summed E-state index contributed by atoms with van der Waals surface area (Å²) in [5.41, 5.74) is 2.77. The molecule has 0 radical (unpaired) electrons. The van der Waals surface area contributed by atoms with Crippen molar-refractivity contribution in [2.75, 3.05) is 13.6 Å². The minimum atomic E-state index is -4.18. The molecular weight excluding hydrogens is 319 g/mol. The van der Waals surface area contributed by atoms with Crippen LogP contribution in [0, 0.1) is 6.92 Å². The molecule has 0 fully saturated rings. The molecule has 130 valence electrons. The third-order valence-corrected chi connectivity index (χ3v) is 3.33. The zero-order chi connectivity index (χ0) is 17.6. The van der Waals surface area contributed by atoms with Crippen LogP contribution in [0.4, 0.5) is 13.2 Å². The molecule has 24 heavy (non-hydrogen) atoms. The number of aliphatic imine (C=N–C) groups is 1. The van der Waals surface area contributed by atoms with Crippen LogP contribution in [-0.4, -0.2) is 35.5 Å². The second-order valence-corrected chi connectivity index (χ2v) is 5.25. The Labute approximate surface area is 138 Å². The van der Waals surface area contributed by atoms with Crippen LogP contribution >= 0.6 is 0 Å². The smallest absolute Gasteiger partial charge is 0.356 e. The van der Waals surface area contributed by atoms with Gasteiger partial charge in [0.1, 0.15) is 0 Å². The number of nitrogens with zero attached hydrogens (tertiary/aromatic N) is 3. The first kappa shape index (κ1) is 17.8. The molecule has 8 heteroatoms. The van der Waals surface area contributed by atoms with Crippen LogP contribution < -0.4 is 10.6 Å². The lowest BCUT2D eigenvalue weighted by molar-refractivity contribution is -0.132. The Hall–Kier alpha value is -2.51. The lowest BCUT2D eigenvalue weighted by atomic mass is 10.2. The molecule has 0 saturated carbocycles. The first-order valence-corrected chi connectivity index (χ1v) is 7.51. The van der Waals surface area contributed by atoms with Gasteiger partial charge in [0, 0.05) is 26.3 Å². The maximum Gasteiger partial charge on any atom is 0.390 e. The van der Waals surface area contributed by atoms with E-state index in [2.05, 4.69) is 20.7 Å². The van der Waals surface area contributed by atoms with Crippen LogP contribution in [-0.2, 0) is 6.54 Å². The van der Waals surface area contributed by atoms with Crippen LogP contribution in [0.2, 0.25) is 0 Å². The Morgan fingerprint density at radius 1 is 1.21 bits per heavy atom. The molecule has 0 bridgehead atoms. The van der Waals surface area contributed by atoms with Gasteiger partial charge >= 0.3 is 6.18 Å². The van der Waals surface area contributed by atoms with E-state index in [0.717, 1.165) is 16.9 Å². The highest BCUT2D eigenvalue weighted by atomic mass is 19.4. The Morgan fingerprint density at radius 3 is 2.58 bits per heavy atom. The number of rotatable bonds is 5. The van der Waals surface area contributed by atoms with Gasteiger partial charge < -0.3 is 10.6 Å². The molecule has 2 rings (SSSR count). The van der Waals surface area contributed by atoms with Crippen LogP contribution in [0.3, 0.4) is 0 Å². The van der Waals surface area contributed by atoms with Crippen molar-refractivity contribution in [1.29, 1.82) is 0 Å². The highest BCUT2D eigenvalue weighted by molar-refractivity contribution is 5.79. The molecule has 1 aromatic heterocycles. The number of nitrogens with one attached hydrogen (secondary N) is 2. The molecule has 0 aliphatic rings. The number of guanidine groups is 1. The zero-order valence-electron chi connectivity index (χ0n) is 13.6. The van der Waals surface area contributed by atoms with Crippen molar-refractivity contribution >= 4 is 5.96 Å². The van der Waals surface area contributed by atoms with E-state index in [1.165, 1.54) is 7.05 Å². The van der Waals surface area contributed by atoms with Crippen molar-refractivity contribution in [2.24, 2.45) is 4.99 Å². The van der Waals surface area contributed by atoms with E-state index < -0.39 is 12.6 Å². The van der Waals surface area contributed by atoms with Crippen molar-refractivity contribution in [1.82, 2.24) is 20.4 Å². The number of hydrogen-bond donors (Lipinski definition) is 2. The van der Waals surface area contributed by atoms with Crippen molar-refractivity contribution in [2.45, 2.75) is 26.1 Å². The summed E-state index contributed by atoms with van der Waals surface area (Å²) in [4.78, 5) is 3.93. The number of halogens is 3. The maximum absolute atomic E-state index is 12.2. The molecule has 0 atom stereocenters. The van der Waals surface area contributed by atoms with E-state index in [9.17, 15) is 13.2 Å². The van der Waals surface area contributed by atoms with E-state index in [4.69, 9.17) is 0 Å². The summed E-state index contributed by atoms with van der Waals surface area (Å²) in [5, 5.41) is 10.1. The molecule has 0 aliphatic heterocycles. The maximum atomic E-state index is 12.2. The highest BCUT2D eigenvalue weighted by Crippen LogP contribution is 2.18. The van der Waals surface area contributed by atoms with Crippen molar-refractivity contribution in [3.8, 4) is 5.69 Å². The quantitative estimate of drug-likeness (QED) is 0.651. The number of aryl methyl sites for hydroxylation is 1. The standard InChI is InChI=1S/C16H20F3N5/c1-12-7-10-24(23-12)14-6-4-3-5-13(14)11-22-15(20-2)21-9-8-16(17,18)19/h3-7,10H,8-9,11H2,1-2H3,(H2,20,21,22). The third kappa shape index (κ3) is 5.29. The Morgan fingerprint density at radius 2 is 1.96 bits per heavy atom. The van der Waals surface area contributed by atoms with Gasteiger partial charge in [0.25, 0.3) is 0 Å². The molecule has 0 saturated heterocycles. The topological polar surface area (TPSA) is 54.2 Å². The van der Waals surface area contributed by atoms with Gasteiger partial charge in [-0.2, -0.15) is 18.3 Å². The first-order valence-electron chi connectivity index (χ1n) is 7.51. The summed E-state index contributed by atoms with van der Waals surface area (Å²) >= 11 is 0. The SMILES string of the molecule is CN=C(NCCC(F)(F)F)NCc1ccccc1-n1ccc(C)n1. The van der Waals surface area contributed by atoms with Gasteiger partial charge in [-0.05, 0) is 24.6 Å². The van der Waals surface area contributed by atoms with Gasteiger partial charge in [-0.1, -0.05) is 18.2 Å². The molecule has 1 aromatic carbocycles. The second kappa shape index (κ2) is 7.85. The molecule has 0 aliphatic carbocycles. The predicted octanol–water partition coefficient (Wildman–Crippen LogP) is 2.80. The van der Waals surface area contributed by atoms with E-state index in [0.29, 0.717) is 12.5 Å². The fraction of sp³-hybridized carbons (Fsp3) is 0.375. The average molecular weight is 339 g/mol.